The largest absolute Gasteiger partial charge is 0.345 e. The molecule has 1 unspecified atom stereocenters. The zero-order valence-corrected chi connectivity index (χ0v) is 8.98. The van der Waals surface area contributed by atoms with Gasteiger partial charge >= 0.3 is 0 Å². The molecule has 0 heterocycles. The normalized spacial score (nSPS) is 14.7. The fourth-order valence-corrected chi connectivity index (χ4v) is 1.44. The van der Waals surface area contributed by atoms with Gasteiger partial charge < -0.3 is 4.81 Å². The van der Waals surface area contributed by atoms with E-state index in [4.69, 9.17) is 0 Å². The summed E-state index contributed by atoms with van der Waals surface area (Å²) < 4.78 is 26.0. The monoisotopic (exact) mass is 190 g/mol. The van der Waals surface area contributed by atoms with Gasteiger partial charge in [-0.1, -0.05) is 27.6 Å². The molecule has 4 heteroatoms. The van der Waals surface area contributed by atoms with Crippen LogP contribution in [0.25, 0.3) is 0 Å². The molecule has 13 heavy (non-hydrogen) atoms. The van der Waals surface area contributed by atoms with Crippen molar-refractivity contribution in [2.45, 2.75) is 52.4 Å². The molecule has 0 aromatic carbocycles. The van der Waals surface area contributed by atoms with Crippen molar-refractivity contribution in [1.82, 2.24) is 4.81 Å². The van der Waals surface area contributed by atoms with E-state index >= 15 is 0 Å². The fraction of sp³-hybridized carbons (Fsp3) is 1.00. The first-order chi connectivity index (χ1) is 5.96. The number of hydrogen-bond donors (Lipinski definition) is 0. The molecule has 0 aromatic heterocycles. The number of nitrogens with zero attached hydrogens (tertiary/aromatic N) is 1. The number of alkyl halides is 2. The Balaban J connectivity index is 4.04. The molecule has 0 amide bonds. The van der Waals surface area contributed by atoms with E-state index in [2.05, 4.69) is 0 Å². The van der Waals surface area contributed by atoms with Crippen LogP contribution >= 0.6 is 0 Å². The first-order valence-electron chi connectivity index (χ1n) is 4.89. The van der Waals surface area contributed by atoms with Gasteiger partial charge in [0, 0.05) is 18.9 Å². The number of rotatable bonds is 6. The highest BCUT2D eigenvalue weighted by molar-refractivity contribution is 6.29. The Labute approximate surface area is 80.8 Å². The van der Waals surface area contributed by atoms with E-state index in [0.29, 0.717) is 0 Å². The lowest BCUT2D eigenvalue weighted by molar-refractivity contribution is -0.0256. The molecular formula is C9H19BF2N. The number of halogens is 2. The predicted molar refractivity (Wildman–Crippen MR) is 53.3 cm³/mol. The van der Waals surface area contributed by atoms with Crippen molar-refractivity contribution >= 4 is 7.41 Å². The maximum atomic E-state index is 13.0. The number of hydrogen-bond acceptors (Lipinski definition) is 1. The standard InChI is InChI=1S/C9H19BF2N/c1-5-9(11,12)7-8(3)13(6-2)10-4/h8H,5-7H2,1-4H3. The molecule has 0 spiro atoms. The van der Waals surface area contributed by atoms with Crippen LogP contribution in [-0.2, 0) is 0 Å². The third-order valence-corrected chi connectivity index (χ3v) is 2.37. The van der Waals surface area contributed by atoms with Crippen molar-refractivity contribution in [2.24, 2.45) is 0 Å². The van der Waals surface area contributed by atoms with Crippen LogP contribution in [0.5, 0.6) is 0 Å². The average molecular weight is 190 g/mol. The van der Waals surface area contributed by atoms with Crippen LogP contribution in [0.4, 0.5) is 8.78 Å². The van der Waals surface area contributed by atoms with Gasteiger partial charge in [-0.25, -0.2) is 8.78 Å². The van der Waals surface area contributed by atoms with Crippen LogP contribution in [0.15, 0.2) is 0 Å². The van der Waals surface area contributed by atoms with Gasteiger partial charge in [-0.2, -0.15) is 0 Å². The molecule has 0 bridgehead atoms. The Hall–Kier alpha value is -0.115. The lowest BCUT2D eigenvalue weighted by atomic mass is 9.91. The summed E-state index contributed by atoms with van der Waals surface area (Å²) in [5.74, 6) is -2.52. The smallest absolute Gasteiger partial charge is 0.249 e. The SMILES string of the molecule is C[B]N(CC)C(C)CC(F)(F)CC. The fourth-order valence-electron chi connectivity index (χ4n) is 1.44. The summed E-state index contributed by atoms with van der Waals surface area (Å²) in [6.07, 6.45) is -0.125. The second-order valence-electron chi connectivity index (χ2n) is 3.35. The molecule has 0 aliphatic rings. The molecule has 1 radical (unpaired) electrons. The maximum absolute atomic E-state index is 13.0. The summed E-state index contributed by atoms with van der Waals surface area (Å²) in [4.78, 5) is 1.93. The van der Waals surface area contributed by atoms with Crippen molar-refractivity contribution in [1.29, 1.82) is 0 Å². The van der Waals surface area contributed by atoms with E-state index in [1.165, 1.54) is 6.92 Å². The van der Waals surface area contributed by atoms with E-state index in [1.807, 2.05) is 32.9 Å². The quantitative estimate of drug-likeness (QED) is 0.582. The van der Waals surface area contributed by atoms with Crippen LogP contribution in [0.1, 0.15) is 33.6 Å². The molecule has 0 rings (SSSR count). The van der Waals surface area contributed by atoms with Gasteiger partial charge in [0.1, 0.15) is 0 Å². The minimum absolute atomic E-state index is 0.0539. The lowest BCUT2D eigenvalue weighted by Crippen LogP contribution is -2.38. The Morgan fingerprint density at radius 3 is 2.23 bits per heavy atom. The molecule has 0 aliphatic carbocycles. The molecule has 0 saturated carbocycles. The van der Waals surface area contributed by atoms with Crippen LogP contribution in [0.3, 0.4) is 0 Å². The summed E-state index contributed by atoms with van der Waals surface area (Å²) >= 11 is 0. The van der Waals surface area contributed by atoms with E-state index in [9.17, 15) is 8.78 Å². The van der Waals surface area contributed by atoms with Gasteiger partial charge in [0.25, 0.3) is 0 Å². The topological polar surface area (TPSA) is 3.24 Å². The van der Waals surface area contributed by atoms with Crippen molar-refractivity contribution < 1.29 is 8.78 Å². The summed E-state index contributed by atoms with van der Waals surface area (Å²) in [7, 11) is 1.87. The first kappa shape index (κ1) is 12.9. The molecule has 0 aliphatic heterocycles. The highest BCUT2D eigenvalue weighted by Gasteiger charge is 2.30. The van der Waals surface area contributed by atoms with Gasteiger partial charge in [0.15, 0.2) is 0 Å². The average Bonchev–Trinajstić information content (AvgIpc) is 2.06. The summed E-state index contributed by atoms with van der Waals surface area (Å²) in [6.45, 7) is 8.01. The van der Waals surface area contributed by atoms with Gasteiger partial charge in [-0.05, 0) is 6.54 Å². The molecule has 1 atom stereocenters. The third kappa shape index (κ3) is 4.60. The maximum Gasteiger partial charge on any atom is 0.249 e. The lowest BCUT2D eigenvalue weighted by Gasteiger charge is -2.29. The van der Waals surface area contributed by atoms with E-state index in [0.717, 1.165) is 6.54 Å². The second-order valence-corrected chi connectivity index (χ2v) is 3.35. The highest BCUT2D eigenvalue weighted by Crippen LogP contribution is 2.25. The minimum atomic E-state index is -2.52. The van der Waals surface area contributed by atoms with E-state index < -0.39 is 5.92 Å². The van der Waals surface area contributed by atoms with Gasteiger partial charge in [-0.15, -0.1) is 0 Å². The van der Waals surface area contributed by atoms with E-state index in [-0.39, 0.29) is 18.9 Å². The van der Waals surface area contributed by atoms with Crippen LogP contribution in [-0.4, -0.2) is 30.7 Å². The van der Waals surface area contributed by atoms with Gasteiger partial charge in [-0.3, -0.25) is 0 Å². The molecule has 1 nitrogen and oxygen atoms in total. The first-order valence-corrected chi connectivity index (χ1v) is 4.89. The molecular weight excluding hydrogens is 171 g/mol. The van der Waals surface area contributed by atoms with E-state index in [1.54, 1.807) is 0 Å². The molecule has 0 N–H and O–H groups in total. The van der Waals surface area contributed by atoms with Crippen LogP contribution < -0.4 is 0 Å². The molecule has 0 fully saturated rings. The molecule has 0 aromatic rings. The van der Waals surface area contributed by atoms with Crippen molar-refractivity contribution in [2.75, 3.05) is 6.54 Å². The Morgan fingerprint density at radius 2 is 1.92 bits per heavy atom. The predicted octanol–water partition coefficient (Wildman–Crippen LogP) is 2.80. The Bertz CT molecular complexity index is 138. The zero-order chi connectivity index (χ0) is 10.5. The summed E-state index contributed by atoms with van der Waals surface area (Å²) in [5.41, 5.74) is 0. The van der Waals surface area contributed by atoms with Crippen molar-refractivity contribution in [3.63, 3.8) is 0 Å². The zero-order valence-electron chi connectivity index (χ0n) is 8.98. The molecule has 77 valence electrons. The minimum Gasteiger partial charge on any atom is -0.345 e. The van der Waals surface area contributed by atoms with Gasteiger partial charge in [0.2, 0.25) is 13.3 Å². The summed E-state index contributed by atoms with van der Waals surface area (Å²) in [6, 6.07) is -0.0788. The van der Waals surface area contributed by atoms with Gasteiger partial charge in [0.05, 0.1) is 0 Å². The van der Waals surface area contributed by atoms with Crippen LogP contribution in [0, 0.1) is 0 Å². The van der Waals surface area contributed by atoms with Crippen LogP contribution in [0.2, 0.25) is 6.82 Å². The van der Waals surface area contributed by atoms with Crippen molar-refractivity contribution in [3.8, 4) is 0 Å². The Morgan fingerprint density at radius 1 is 1.38 bits per heavy atom. The van der Waals surface area contributed by atoms with Crippen molar-refractivity contribution in [3.05, 3.63) is 0 Å². The Kier molecular flexibility index (Phi) is 5.53. The summed E-state index contributed by atoms with van der Waals surface area (Å²) in [5, 5.41) is 0. The third-order valence-electron chi connectivity index (χ3n) is 2.37. The molecule has 0 saturated heterocycles. The second kappa shape index (κ2) is 5.58. The highest BCUT2D eigenvalue weighted by atomic mass is 19.3.